The largest absolute Gasteiger partial charge is 0.379 e. The molecule has 2 saturated heterocycles. The fourth-order valence-corrected chi connectivity index (χ4v) is 5.68. The van der Waals surface area contributed by atoms with Crippen LogP contribution in [0.3, 0.4) is 0 Å². The van der Waals surface area contributed by atoms with Gasteiger partial charge in [-0.15, -0.1) is 0 Å². The van der Waals surface area contributed by atoms with E-state index >= 15 is 0 Å². The molecule has 0 unspecified atom stereocenters. The van der Waals surface area contributed by atoms with Gasteiger partial charge in [-0.2, -0.15) is 4.31 Å². The lowest BCUT2D eigenvalue weighted by atomic mass is 10.1. The number of nitrogens with one attached hydrogen (secondary N) is 1. The van der Waals surface area contributed by atoms with Gasteiger partial charge >= 0.3 is 0 Å². The molecule has 7 heteroatoms. The third-order valence-corrected chi connectivity index (χ3v) is 7.78. The number of aryl methyl sites for hydroxylation is 1. The van der Waals surface area contributed by atoms with E-state index in [1.165, 1.54) is 20.5 Å². The van der Waals surface area contributed by atoms with Crippen LogP contribution in [-0.2, 0) is 21.3 Å². The van der Waals surface area contributed by atoms with Crippen LogP contribution in [0.1, 0.15) is 11.1 Å². The molecule has 0 spiro atoms. The topological polar surface area (TPSA) is 54.3 Å². The number of piperazine rings is 1. The lowest BCUT2D eigenvalue weighted by Crippen LogP contribution is -3.13. The highest BCUT2D eigenvalue weighted by atomic mass is 32.2. The highest BCUT2D eigenvalue weighted by molar-refractivity contribution is 7.89. The molecule has 2 aromatic rings. The number of hydrogen-bond acceptors (Lipinski definition) is 4. The minimum atomic E-state index is -3.44. The standard InChI is InChI=1S/C22H29N3O3S/c1-19-5-2-3-8-22(19)24-11-9-23(10-12-24)18-20-6-4-7-21(17-20)29(26,27)25-13-15-28-16-14-25/h2-8,17H,9-16,18H2,1H3/p+1. The third-order valence-electron chi connectivity index (χ3n) is 5.89. The van der Waals surface area contributed by atoms with E-state index in [0.717, 1.165) is 38.3 Å². The summed E-state index contributed by atoms with van der Waals surface area (Å²) in [7, 11) is -3.44. The van der Waals surface area contributed by atoms with Gasteiger partial charge in [0, 0.05) is 24.3 Å². The van der Waals surface area contributed by atoms with Gasteiger partial charge in [-0.05, 0) is 30.7 Å². The predicted octanol–water partition coefficient (Wildman–Crippen LogP) is 0.921. The minimum absolute atomic E-state index is 0.398. The van der Waals surface area contributed by atoms with Gasteiger partial charge in [0.25, 0.3) is 0 Å². The zero-order valence-electron chi connectivity index (χ0n) is 17.0. The fourth-order valence-electron chi connectivity index (χ4n) is 4.20. The molecule has 0 atom stereocenters. The SMILES string of the molecule is Cc1ccccc1N1CC[NH+](Cc2cccc(S(=O)(=O)N3CCOCC3)c2)CC1. The van der Waals surface area contributed by atoms with Gasteiger partial charge in [-0.25, -0.2) is 8.42 Å². The summed E-state index contributed by atoms with van der Waals surface area (Å²) in [6.45, 7) is 8.95. The van der Waals surface area contributed by atoms with Crippen LogP contribution in [0.2, 0.25) is 0 Å². The first-order valence-corrected chi connectivity index (χ1v) is 11.8. The van der Waals surface area contributed by atoms with Crippen molar-refractivity contribution in [3.8, 4) is 0 Å². The van der Waals surface area contributed by atoms with Crippen molar-refractivity contribution < 1.29 is 18.1 Å². The van der Waals surface area contributed by atoms with Crippen LogP contribution in [0.5, 0.6) is 0 Å². The van der Waals surface area contributed by atoms with Crippen molar-refractivity contribution >= 4 is 15.7 Å². The van der Waals surface area contributed by atoms with Crippen molar-refractivity contribution in [3.05, 3.63) is 59.7 Å². The van der Waals surface area contributed by atoms with Gasteiger partial charge in [-0.3, -0.25) is 0 Å². The lowest BCUT2D eigenvalue weighted by Gasteiger charge is -2.34. The quantitative estimate of drug-likeness (QED) is 0.788. The number of para-hydroxylation sites is 1. The molecule has 6 nitrogen and oxygen atoms in total. The number of quaternary nitrogens is 1. The van der Waals surface area contributed by atoms with Crippen LogP contribution in [0.4, 0.5) is 5.69 Å². The van der Waals surface area contributed by atoms with Crippen molar-refractivity contribution in [1.82, 2.24) is 4.31 Å². The normalized spacial score (nSPS) is 19.4. The van der Waals surface area contributed by atoms with Gasteiger partial charge in [-0.1, -0.05) is 30.3 Å². The molecule has 2 aliphatic rings. The minimum Gasteiger partial charge on any atom is -0.379 e. The first-order chi connectivity index (χ1) is 14.0. The van der Waals surface area contributed by atoms with Crippen LogP contribution < -0.4 is 9.80 Å². The molecule has 0 amide bonds. The molecule has 29 heavy (non-hydrogen) atoms. The third kappa shape index (κ3) is 4.64. The molecule has 2 fully saturated rings. The predicted molar refractivity (Wildman–Crippen MR) is 114 cm³/mol. The summed E-state index contributed by atoms with van der Waals surface area (Å²) < 4.78 is 32.7. The zero-order chi connectivity index (χ0) is 20.3. The van der Waals surface area contributed by atoms with Crippen molar-refractivity contribution in [1.29, 1.82) is 0 Å². The number of rotatable bonds is 5. The Balaban J connectivity index is 1.40. The highest BCUT2D eigenvalue weighted by Crippen LogP contribution is 2.20. The molecule has 2 aromatic carbocycles. The van der Waals surface area contributed by atoms with Crippen molar-refractivity contribution in [2.45, 2.75) is 18.4 Å². The first kappa shape index (κ1) is 20.3. The molecule has 2 aliphatic heterocycles. The van der Waals surface area contributed by atoms with Crippen LogP contribution in [0, 0.1) is 6.92 Å². The molecule has 4 rings (SSSR count). The Morgan fingerprint density at radius 2 is 1.69 bits per heavy atom. The summed E-state index contributed by atoms with van der Waals surface area (Å²) in [5.41, 5.74) is 3.72. The van der Waals surface area contributed by atoms with Crippen LogP contribution in [-0.4, -0.2) is 65.2 Å². The summed E-state index contributed by atoms with van der Waals surface area (Å²) in [6, 6.07) is 16.0. The second kappa shape index (κ2) is 8.83. The van der Waals surface area contributed by atoms with E-state index in [-0.39, 0.29) is 0 Å². The molecule has 1 N–H and O–H groups in total. The highest BCUT2D eigenvalue weighted by Gasteiger charge is 2.27. The van der Waals surface area contributed by atoms with Gasteiger partial charge < -0.3 is 14.5 Å². The van der Waals surface area contributed by atoms with Crippen molar-refractivity contribution in [2.24, 2.45) is 0 Å². The van der Waals surface area contributed by atoms with E-state index < -0.39 is 10.0 Å². The van der Waals surface area contributed by atoms with Gasteiger partial charge in [0.2, 0.25) is 10.0 Å². The lowest BCUT2D eigenvalue weighted by molar-refractivity contribution is -0.914. The fraction of sp³-hybridized carbons (Fsp3) is 0.455. The molecule has 2 heterocycles. The van der Waals surface area contributed by atoms with Gasteiger partial charge in [0.05, 0.1) is 44.3 Å². The molecule has 0 saturated carbocycles. The molecule has 0 aliphatic carbocycles. The maximum Gasteiger partial charge on any atom is 0.243 e. The van der Waals surface area contributed by atoms with E-state index in [2.05, 4.69) is 36.1 Å². The summed E-state index contributed by atoms with van der Waals surface area (Å²) in [5.74, 6) is 0. The molecule has 0 aromatic heterocycles. The van der Waals surface area contributed by atoms with E-state index in [1.54, 1.807) is 6.07 Å². The number of anilines is 1. The summed E-state index contributed by atoms with van der Waals surface area (Å²) >= 11 is 0. The maximum atomic E-state index is 12.9. The molecule has 156 valence electrons. The van der Waals surface area contributed by atoms with Crippen LogP contribution >= 0.6 is 0 Å². The number of morpholine rings is 1. The van der Waals surface area contributed by atoms with E-state index in [0.29, 0.717) is 31.2 Å². The van der Waals surface area contributed by atoms with Crippen LogP contribution in [0.15, 0.2) is 53.4 Å². The van der Waals surface area contributed by atoms with E-state index in [9.17, 15) is 8.42 Å². The smallest absolute Gasteiger partial charge is 0.243 e. The Morgan fingerprint density at radius 3 is 2.41 bits per heavy atom. The Labute approximate surface area is 173 Å². The number of sulfonamides is 1. The Hall–Kier alpha value is -1.93. The Morgan fingerprint density at radius 1 is 0.966 bits per heavy atom. The van der Waals surface area contributed by atoms with Crippen molar-refractivity contribution in [3.63, 3.8) is 0 Å². The first-order valence-electron chi connectivity index (χ1n) is 10.3. The second-order valence-corrected chi connectivity index (χ2v) is 9.80. The van der Waals surface area contributed by atoms with E-state index in [4.69, 9.17) is 4.74 Å². The van der Waals surface area contributed by atoms with Crippen LogP contribution in [0.25, 0.3) is 0 Å². The van der Waals surface area contributed by atoms with Gasteiger partial charge in [0.1, 0.15) is 6.54 Å². The molecular formula is C22H30N3O3S+. The summed E-state index contributed by atoms with van der Waals surface area (Å²) in [6.07, 6.45) is 0. The summed E-state index contributed by atoms with van der Waals surface area (Å²) in [5, 5.41) is 0. The zero-order valence-corrected chi connectivity index (χ0v) is 17.8. The number of nitrogens with zero attached hydrogens (tertiary/aromatic N) is 2. The van der Waals surface area contributed by atoms with E-state index in [1.807, 2.05) is 18.2 Å². The average molecular weight is 417 g/mol. The monoisotopic (exact) mass is 416 g/mol. The number of benzene rings is 2. The Kier molecular flexibility index (Phi) is 6.20. The summed E-state index contributed by atoms with van der Waals surface area (Å²) in [4.78, 5) is 4.35. The number of ether oxygens (including phenoxy) is 1. The number of hydrogen-bond donors (Lipinski definition) is 1. The Bertz CT molecular complexity index is 934. The maximum absolute atomic E-state index is 12.9. The van der Waals surface area contributed by atoms with Gasteiger partial charge in [0.15, 0.2) is 0 Å². The molecular weight excluding hydrogens is 386 g/mol. The van der Waals surface area contributed by atoms with Crippen molar-refractivity contribution in [2.75, 3.05) is 57.4 Å². The molecule has 0 radical (unpaired) electrons. The second-order valence-electron chi connectivity index (χ2n) is 7.86. The average Bonchev–Trinajstić information content (AvgIpc) is 2.76. The molecule has 0 bridgehead atoms.